The van der Waals surface area contributed by atoms with Gasteiger partial charge in [-0.2, -0.15) is 0 Å². The highest BCUT2D eigenvalue weighted by atomic mass is 32.2. The van der Waals surface area contributed by atoms with Crippen molar-refractivity contribution in [1.29, 1.82) is 0 Å². The molecule has 11 heteroatoms. The molecule has 10 nitrogen and oxygen atoms in total. The monoisotopic (exact) mass is 428 g/mol. The molecule has 0 radical (unpaired) electrons. The number of ether oxygens (including phenoxy) is 3. The molecule has 3 rings (SSSR count). The van der Waals surface area contributed by atoms with E-state index >= 15 is 0 Å². The van der Waals surface area contributed by atoms with Gasteiger partial charge in [-0.3, -0.25) is 9.59 Å². The van der Waals surface area contributed by atoms with Crippen molar-refractivity contribution in [3.8, 4) is 11.5 Å². The number of hydrogen-bond acceptors (Lipinski definition) is 8. The van der Waals surface area contributed by atoms with E-state index in [2.05, 4.69) is 5.32 Å². The summed E-state index contributed by atoms with van der Waals surface area (Å²) in [5, 5.41) is 2.55. The van der Waals surface area contributed by atoms with Gasteiger partial charge in [0.1, 0.15) is 13.2 Å². The van der Waals surface area contributed by atoms with Crippen LogP contribution in [0.2, 0.25) is 0 Å². The van der Waals surface area contributed by atoms with Gasteiger partial charge in [-0.1, -0.05) is 0 Å². The highest BCUT2D eigenvalue weighted by molar-refractivity contribution is 7.91. The highest BCUT2D eigenvalue weighted by Gasteiger charge is 2.29. The van der Waals surface area contributed by atoms with Gasteiger partial charge in [0.2, 0.25) is 6.41 Å². The van der Waals surface area contributed by atoms with E-state index in [0.29, 0.717) is 31.1 Å². The van der Waals surface area contributed by atoms with Gasteiger partial charge in [-0.15, -0.1) is 0 Å². The minimum Gasteiger partial charge on any atom is -0.486 e. The first kappa shape index (κ1) is 22.5. The van der Waals surface area contributed by atoms with Crippen molar-refractivity contribution in [3.63, 3.8) is 0 Å². The van der Waals surface area contributed by atoms with Crippen LogP contribution in [0.3, 0.4) is 0 Å². The first-order valence-electron chi connectivity index (χ1n) is 8.88. The van der Waals surface area contributed by atoms with E-state index in [0.717, 1.165) is 6.41 Å². The van der Waals surface area contributed by atoms with E-state index in [1.165, 1.54) is 17.0 Å². The van der Waals surface area contributed by atoms with E-state index in [4.69, 9.17) is 14.2 Å². The topological polar surface area (TPSA) is 128 Å². The maximum Gasteiger partial charge on any atom is 0.338 e. The molecule has 1 aromatic rings. The maximum absolute atomic E-state index is 12.0. The summed E-state index contributed by atoms with van der Waals surface area (Å²) >= 11 is 0. The van der Waals surface area contributed by atoms with Gasteiger partial charge in [0.15, 0.2) is 27.9 Å². The van der Waals surface area contributed by atoms with Crippen molar-refractivity contribution in [2.75, 3.05) is 45.4 Å². The fourth-order valence-corrected chi connectivity index (χ4v) is 4.24. The molecule has 0 aliphatic carbocycles. The summed E-state index contributed by atoms with van der Waals surface area (Å²) in [7, 11) is 0.303. The molecule has 0 aromatic heterocycles. The Hall–Kier alpha value is -2.82. The average molecular weight is 428 g/mol. The number of hydrogen-bond donors (Lipinski definition) is 1. The fourth-order valence-electron chi connectivity index (χ4n) is 2.56. The van der Waals surface area contributed by atoms with Crippen LogP contribution in [-0.2, 0) is 24.2 Å². The van der Waals surface area contributed by atoms with Crippen molar-refractivity contribution in [1.82, 2.24) is 10.2 Å². The quantitative estimate of drug-likeness (QED) is 0.497. The molecular formula is C18H24N2O8S. The van der Waals surface area contributed by atoms with Gasteiger partial charge >= 0.3 is 5.97 Å². The van der Waals surface area contributed by atoms with Crippen LogP contribution in [-0.4, -0.2) is 83.1 Å². The number of nitrogens with zero attached hydrogens (tertiary/aromatic N) is 1. The molecule has 2 aliphatic heterocycles. The molecule has 160 valence electrons. The molecule has 2 heterocycles. The molecule has 2 aliphatic rings. The van der Waals surface area contributed by atoms with Crippen molar-refractivity contribution < 1.29 is 37.0 Å². The maximum atomic E-state index is 12.0. The minimum absolute atomic E-state index is 0.0644. The summed E-state index contributed by atoms with van der Waals surface area (Å²) in [6.45, 7) is 0.385. The Kier molecular flexibility index (Phi) is 7.82. The summed E-state index contributed by atoms with van der Waals surface area (Å²) in [6, 6.07) is 4.21. The number of benzene rings is 1. The van der Waals surface area contributed by atoms with E-state index < -0.39 is 34.4 Å². The van der Waals surface area contributed by atoms with Crippen molar-refractivity contribution in [3.05, 3.63) is 23.8 Å². The number of fused-ring (bicyclic) bond motifs is 1. The number of esters is 1. The van der Waals surface area contributed by atoms with Gasteiger partial charge in [-0.05, 0) is 24.6 Å². The molecule has 1 N–H and O–H groups in total. The lowest BCUT2D eigenvalue weighted by Gasteiger charge is -2.18. The van der Waals surface area contributed by atoms with Crippen LogP contribution in [0.5, 0.6) is 11.5 Å². The van der Waals surface area contributed by atoms with Crippen LogP contribution in [0.25, 0.3) is 0 Å². The predicted molar refractivity (Wildman–Crippen MR) is 103 cm³/mol. The van der Waals surface area contributed by atoms with Crippen LogP contribution in [0.15, 0.2) is 18.2 Å². The Morgan fingerprint density at radius 3 is 2.48 bits per heavy atom. The van der Waals surface area contributed by atoms with Crippen molar-refractivity contribution in [2.24, 2.45) is 0 Å². The SMILES string of the molecule is CN(C)C=O.O=C(COC(=O)c1ccc2c(c1)OCCO2)NC1CCS(=O)(=O)C1. The number of nitrogens with one attached hydrogen (secondary N) is 1. The predicted octanol–water partition coefficient (Wildman–Crippen LogP) is -0.378. The zero-order chi connectivity index (χ0) is 21.4. The molecule has 0 spiro atoms. The van der Waals surface area contributed by atoms with Gasteiger partial charge in [0, 0.05) is 20.1 Å². The summed E-state index contributed by atoms with van der Waals surface area (Å²) in [4.78, 5) is 34.6. The Bertz CT molecular complexity index is 853. The molecule has 1 saturated heterocycles. The molecule has 2 amide bonds. The summed E-state index contributed by atoms with van der Waals surface area (Å²) < 4.78 is 38.3. The Balaban J connectivity index is 0.000000537. The molecule has 29 heavy (non-hydrogen) atoms. The standard InChI is InChI=1S/C15H17NO7S.C3H7NO/c17-14(16-11-3-6-24(19,20)9-11)8-23-15(18)10-1-2-12-13(7-10)22-5-4-21-12;1-4(2)3-5/h1-2,7,11H,3-6,8-9H2,(H,16,17);3H,1-2H3. The number of carbonyl (C=O) groups excluding carboxylic acids is 3. The van der Waals surface area contributed by atoms with E-state index in [-0.39, 0.29) is 17.1 Å². The number of rotatable bonds is 5. The largest absolute Gasteiger partial charge is 0.486 e. The molecule has 1 unspecified atom stereocenters. The first-order valence-corrected chi connectivity index (χ1v) is 10.7. The smallest absolute Gasteiger partial charge is 0.338 e. The first-order chi connectivity index (χ1) is 13.7. The van der Waals surface area contributed by atoms with E-state index in [1.54, 1.807) is 20.2 Å². The summed E-state index contributed by atoms with van der Waals surface area (Å²) in [5.41, 5.74) is 0.246. The highest BCUT2D eigenvalue weighted by Crippen LogP contribution is 2.30. The van der Waals surface area contributed by atoms with E-state index in [9.17, 15) is 22.8 Å². The second kappa shape index (κ2) is 10.1. The molecule has 1 atom stereocenters. The molecular weight excluding hydrogens is 404 g/mol. The van der Waals surface area contributed by atoms with Gasteiger partial charge in [-0.25, -0.2) is 13.2 Å². The Morgan fingerprint density at radius 2 is 1.90 bits per heavy atom. The van der Waals surface area contributed by atoms with Crippen LogP contribution in [0.4, 0.5) is 0 Å². The number of carbonyl (C=O) groups is 3. The third kappa shape index (κ3) is 7.26. The third-order valence-electron chi connectivity index (χ3n) is 3.92. The van der Waals surface area contributed by atoms with Crippen molar-refractivity contribution >= 4 is 28.1 Å². The molecule has 1 fully saturated rings. The Labute approximate surface area is 169 Å². The van der Waals surface area contributed by atoms with Gasteiger partial charge < -0.3 is 24.4 Å². The normalized spacial score (nSPS) is 18.6. The lowest BCUT2D eigenvalue weighted by atomic mass is 10.2. The summed E-state index contributed by atoms with van der Waals surface area (Å²) in [6.07, 6.45) is 1.13. The second-order valence-corrected chi connectivity index (χ2v) is 8.90. The minimum atomic E-state index is -3.07. The fraction of sp³-hybridized carbons (Fsp3) is 0.500. The van der Waals surface area contributed by atoms with Crippen molar-refractivity contribution in [2.45, 2.75) is 12.5 Å². The Morgan fingerprint density at radius 1 is 1.24 bits per heavy atom. The van der Waals surface area contributed by atoms with Gasteiger partial charge in [0.25, 0.3) is 5.91 Å². The lowest BCUT2D eigenvalue weighted by molar-refractivity contribution is -0.124. The van der Waals surface area contributed by atoms with Crippen LogP contribution >= 0.6 is 0 Å². The lowest BCUT2D eigenvalue weighted by Crippen LogP contribution is -2.38. The number of amides is 2. The van der Waals surface area contributed by atoms with Gasteiger partial charge in [0.05, 0.1) is 17.1 Å². The molecule has 0 saturated carbocycles. The zero-order valence-corrected chi connectivity index (χ0v) is 17.1. The molecule has 1 aromatic carbocycles. The number of sulfone groups is 1. The second-order valence-electron chi connectivity index (χ2n) is 6.67. The molecule has 0 bridgehead atoms. The third-order valence-corrected chi connectivity index (χ3v) is 5.69. The zero-order valence-electron chi connectivity index (χ0n) is 16.3. The van der Waals surface area contributed by atoms with Crippen LogP contribution in [0, 0.1) is 0 Å². The van der Waals surface area contributed by atoms with Crippen LogP contribution in [0.1, 0.15) is 16.8 Å². The van der Waals surface area contributed by atoms with Crippen LogP contribution < -0.4 is 14.8 Å². The van der Waals surface area contributed by atoms with E-state index in [1.807, 2.05) is 0 Å². The average Bonchev–Trinajstić information content (AvgIpc) is 3.04. The summed E-state index contributed by atoms with van der Waals surface area (Å²) in [5.74, 6) is -0.192.